The fraction of sp³-hybridized carbons (Fsp3) is 0.286. The van der Waals surface area contributed by atoms with E-state index in [4.69, 9.17) is 32.7 Å². The van der Waals surface area contributed by atoms with Crippen LogP contribution in [-0.4, -0.2) is 33.0 Å². The summed E-state index contributed by atoms with van der Waals surface area (Å²) in [5, 5.41) is 12.8. The van der Waals surface area contributed by atoms with Crippen molar-refractivity contribution in [3.8, 4) is 11.5 Å². The number of carbonyl (C=O) groups is 1. The number of ether oxygens (including phenoxy) is 2. The molecular formula is C21H22Cl2N4O3S. The molecule has 1 N–H and O–H groups in total. The van der Waals surface area contributed by atoms with Crippen LogP contribution < -0.4 is 14.8 Å². The van der Waals surface area contributed by atoms with Gasteiger partial charge in [0.15, 0.2) is 17.1 Å². The van der Waals surface area contributed by atoms with Gasteiger partial charge in [0.05, 0.1) is 17.4 Å². The Kier molecular flexibility index (Phi) is 8.06. The van der Waals surface area contributed by atoms with Crippen molar-refractivity contribution < 1.29 is 14.3 Å². The molecule has 0 aliphatic heterocycles. The number of hydrogen-bond donors (Lipinski definition) is 1. The highest BCUT2D eigenvalue weighted by atomic mass is 35.5. The molecule has 3 aromatic rings. The van der Waals surface area contributed by atoms with Crippen molar-refractivity contribution in [2.75, 3.05) is 17.7 Å². The van der Waals surface area contributed by atoms with Gasteiger partial charge in [0, 0.05) is 17.8 Å². The van der Waals surface area contributed by atoms with E-state index in [1.165, 1.54) is 11.8 Å². The predicted octanol–water partition coefficient (Wildman–Crippen LogP) is 5.39. The van der Waals surface area contributed by atoms with E-state index in [1.807, 2.05) is 33.0 Å². The number of carbonyl (C=O) groups excluding carboxylic acids is 1. The van der Waals surface area contributed by atoms with Crippen LogP contribution in [0.2, 0.25) is 10.0 Å². The van der Waals surface area contributed by atoms with Crippen molar-refractivity contribution in [1.29, 1.82) is 0 Å². The standard InChI is InChI=1S/C21H22Cl2N4O3S/c1-4-29-16-8-6-15(7-9-16)24-19(28)12-31-21-26-25-20(27(21)3)13(2)30-18-10-5-14(22)11-17(18)23/h5-11,13H,4,12H2,1-3H3,(H,24,28). The quantitative estimate of drug-likeness (QED) is 0.413. The highest BCUT2D eigenvalue weighted by Gasteiger charge is 2.19. The molecule has 1 heterocycles. The zero-order chi connectivity index (χ0) is 22.4. The maximum absolute atomic E-state index is 12.3. The van der Waals surface area contributed by atoms with Gasteiger partial charge >= 0.3 is 0 Å². The summed E-state index contributed by atoms with van der Waals surface area (Å²) >= 11 is 13.4. The molecule has 3 rings (SSSR count). The second-order valence-corrected chi connectivity index (χ2v) is 8.31. The highest BCUT2D eigenvalue weighted by molar-refractivity contribution is 7.99. The van der Waals surface area contributed by atoms with Gasteiger partial charge in [-0.25, -0.2) is 0 Å². The molecule has 0 saturated heterocycles. The Morgan fingerprint density at radius 1 is 1.19 bits per heavy atom. The number of benzene rings is 2. The van der Waals surface area contributed by atoms with Crippen molar-refractivity contribution >= 4 is 46.6 Å². The molecule has 1 unspecified atom stereocenters. The average Bonchev–Trinajstić information content (AvgIpc) is 3.10. The SMILES string of the molecule is CCOc1ccc(NC(=O)CSc2nnc(C(C)Oc3ccc(Cl)cc3Cl)n2C)cc1. The molecule has 31 heavy (non-hydrogen) atoms. The van der Waals surface area contributed by atoms with Crippen LogP contribution in [0.25, 0.3) is 0 Å². The Balaban J connectivity index is 1.56. The Bertz CT molecular complexity index is 1040. The van der Waals surface area contributed by atoms with Crippen LogP contribution in [0.3, 0.4) is 0 Å². The van der Waals surface area contributed by atoms with Gasteiger partial charge in [0.1, 0.15) is 11.5 Å². The van der Waals surface area contributed by atoms with Crippen molar-refractivity contribution in [3.63, 3.8) is 0 Å². The smallest absolute Gasteiger partial charge is 0.234 e. The van der Waals surface area contributed by atoms with E-state index in [-0.39, 0.29) is 11.7 Å². The molecular weight excluding hydrogens is 459 g/mol. The Morgan fingerprint density at radius 2 is 1.94 bits per heavy atom. The minimum atomic E-state index is -0.400. The molecule has 0 aliphatic rings. The predicted molar refractivity (Wildman–Crippen MR) is 123 cm³/mol. The third kappa shape index (κ3) is 6.29. The zero-order valence-corrected chi connectivity index (χ0v) is 19.6. The lowest BCUT2D eigenvalue weighted by molar-refractivity contribution is -0.113. The lowest BCUT2D eigenvalue weighted by Gasteiger charge is -2.15. The minimum Gasteiger partial charge on any atom is -0.494 e. The number of rotatable bonds is 9. The number of thioether (sulfide) groups is 1. The number of hydrogen-bond acceptors (Lipinski definition) is 6. The molecule has 10 heteroatoms. The fourth-order valence-electron chi connectivity index (χ4n) is 2.75. The van der Waals surface area contributed by atoms with Crippen molar-refractivity contribution in [3.05, 3.63) is 58.3 Å². The first kappa shape index (κ1) is 23.2. The van der Waals surface area contributed by atoms with E-state index in [0.29, 0.717) is 39.1 Å². The Hall–Kier alpha value is -2.42. The molecule has 0 saturated carbocycles. The maximum atomic E-state index is 12.3. The summed E-state index contributed by atoms with van der Waals surface area (Å²) in [6.07, 6.45) is -0.400. The van der Waals surface area contributed by atoms with Gasteiger partial charge in [-0.3, -0.25) is 4.79 Å². The zero-order valence-electron chi connectivity index (χ0n) is 17.3. The summed E-state index contributed by atoms with van der Waals surface area (Å²) < 4.78 is 13.1. The van der Waals surface area contributed by atoms with Gasteiger partial charge in [-0.2, -0.15) is 0 Å². The molecule has 1 amide bonds. The molecule has 0 spiro atoms. The number of anilines is 1. The van der Waals surface area contributed by atoms with E-state index < -0.39 is 6.10 Å². The van der Waals surface area contributed by atoms with Crippen LogP contribution in [0.1, 0.15) is 25.8 Å². The number of halogens is 2. The third-order valence-electron chi connectivity index (χ3n) is 4.21. The summed E-state index contributed by atoms with van der Waals surface area (Å²) in [5.41, 5.74) is 0.703. The number of nitrogens with one attached hydrogen (secondary N) is 1. The largest absolute Gasteiger partial charge is 0.494 e. The summed E-state index contributed by atoms with van der Waals surface area (Å²) in [5.74, 6) is 1.93. The first-order valence-corrected chi connectivity index (χ1v) is 11.3. The summed E-state index contributed by atoms with van der Waals surface area (Å²) in [7, 11) is 1.82. The maximum Gasteiger partial charge on any atom is 0.234 e. The summed E-state index contributed by atoms with van der Waals surface area (Å²) in [6.45, 7) is 4.37. The lowest BCUT2D eigenvalue weighted by atomic mass is 10.3. The molecule has 0 aliphatic carbocycles. The van der Waals surface area contributed by atoms with E-state index in [1.54, 1.807) is 34.9 Å². The van der Waals surface area contributed by atoms with E-state index in [2.05, 4.69) is 15.5 Å². The topological polar surface area (TPSA) is 78.3 Å². The Labute approximate surface area is 195 Å². The third-order valence-corrected chi connectivity index (χ3v) is 5.76. The van der Waals surface area contributed by atoms with Gasteiger partial charge in [-0.05, 0) is 56.3 Å². The number of nitrogens with zero attached hydrogens (tertiary/aromatic N) is 3. The monoisotopic (exact) mass is 480 g/mol. The summed E-state index contributed by atoms with van der Waals surface area (Å²) in [4.78, 5) is 12.3. The van der Waals surface area contributed by atoms with E-state index >= 15 is 0 Å². The first-order chi connectivity index (χ1) is 14.9. The van der Waals surface area contributed by atoms with Gasteiger partial charge in [-0.15, -0.1) is 10.2 Å². The van der Waals surface area contributed by atoms with Crippen LogP contribution in [0.4, 0.5) is 5.69 Å². The van der Waals surface area contributed by atoms with Crippen LogP contribution in [0.5, 0.6) is 11.5 Å². The van der Waals surface area contributed by atoms with Gasteiger partial charge in [-0.1, -0.05) is 35.0 Å². The van der Waals surface area contributed by atoms with Crippen LogP contribution >= 0.6 is 35.0 Å². The second-order valence-electron chi connectivity index (χ2n) is 6.53. The van der Waals surface area contributed by atoms with Crippen molar-refractivity contribution in [2.24, 2.45) is 7.05 Å². The van der Waals surface area contributed by atoms with Crippen LogP contribution in [-0.2, 0) is 11.8 Å². The highest BCUT2D eigenvalue weighted by Crippen LogP contribution is 2.31. The Morgan fingerprint density at radius 3 is 2.61 bits per heavy atom. The van der Waals surface area contributed by atoms with Crippen LogP contribution in [0, 0.1) is 0 Å². The van der Waals surface area contributed by atoms with Gasteiger partial charge < -0.3 is 19.4 Å². The number of amides is 1. The number of aromatic nitrogens is 3. The fourth-order valence-corrected chi connectivity index (χ4v) is 3.92. The molecule has 1 atom stereocenters. The summed E-state index contributed by atoms with van der Waals surface area (Å²) in [6, 6.07) is 12.3. The molecule has 0 fully saturated rings. The first-order valence-electron chi connectivity index (χ1n) is 9.54. The van der Waals surface area contributed by atoms with Gasteiger partial charge in [0.25, 0.3) is 0 Å². The van der Waals surface area contributed by atoms with E-state index in [9.17, 15) is 4.79 Å². The molecule has 2 aromatic carbocycles. The van der Waals surface area contributed by atoms with Gasteiger partial charge in [0.2, 0.25) is 5.91 Å². The molecule has 7 nitrogen and oxygen atoms in total. The molecule has 1 aromatic heterocycles. The average molecular weight is 481 g/mol. The van der Waals surface area contributed by atoms with E-state index in [0.717, 1.165) is 5.75 Å². The second kappa shape index (κ2) is 10.7. The normalized spacial score (nSPS) is 11.8. The van der Waals surface area contributed by atoms with Crippen LogP contribution in [0.15, 0.2) is 47.6 Å². The van der Waals surface area contributed by atoms with Crippen molar-refractivity contribution in [1.82, 2.24) is 14.8 Å². The lowest BCUT2D eigenvalue weighted by Crippen LogP contribution is -2.15. The minimum absolute atomic E-state index is 0.143. The molecule has 164 valence electrons. The van der Waals surface area contributed by atoms with Crippen molar-refractivity contribution in [2.45, 2.75) is 25.1 Å². The molecule has 0 radical (unpaired) electrons. The molecule has 0 bridgehead atoms.